The highest BCUT2D eigenvalue weighted by Crippen LogP contribution is 2.53. The molecule has 17 heteroatoms. The summed E-state index contributed by atoms with van der Waals surface area (Å²) >= 11 is 0. The van der Waals surface area contributed by atoms with E-state index in [9.17, 15) is 24.0 Å². The zero-order valence-electron chi connectivity index (χ0n) is 41.4. The highest BCUT2D eigenvalue weighted by molar-refractivity contribution is 5.89. The van der Waals surface area contributed by atoms with Gasteiger partial charge in [-0.2, -0.15) is 0 Å². The number of benzene rings is 3. The highest BCUT2D eigenvalue weighted by Gasteiger charge is 2.53. The van der Waals surface area contributed by atoms with Gasteiger partial charge in [-0.15, -0.1) is 0 Å². The third-order valence-corrected chi connectivity index (χ3v) is 15.7. The molecule has 5 heterocycles. The van der Waals surface area contributed by atoms with Crippen molar-refractivity contribution >= 4 is 34.9 Å². The van der Waals surface area contributed by atoms with E-state index in [0.29, 0.717) is 55.2 Å². The van der Waals surface area contributed by atoms with Gasteiger partial charge < -0.3 is 49.3 Å². The second-order valence-corrected chi connectivity index (χ2v) is 20.8. The van der Waals surface area contributed by atoms with Gasteiger partial charge in [-0.05, 0) is 107 Å². The normalized spacial score (nSPS) is 20.8. The predicted octanol–water partition coefficient (Wildman–Crippen LogP) is 7.75. The summed E-state index contributed by atoms with van der Waals surface area (Å²) in [7, 11) is 2.55. The molecule has 1 saturated carbocycles. The fourth-order valence-corrected chi connectivity index (χ4v) is 12.0. The number of hydrogen-bond donors (Lipinski definition) is 4. The lowest BCUT2D eigenvalue weighted by atomic mass is 9.82. The van der Waals surface area contributed by atoms with E-state index in [0.717, 1.165) is 47.2 Å². The summed E-state index contributed by atoms with van der Waals surface area (Å²) in [4.78, 5) is 86.0. The van der Waals surface area contributed by atoms with Crippen LogP contribution in [0.15, 0.2) is 65.6 Å². The number of carbonyl (C=O) groups is 4. The second-order valence-electron chi connectivity index (χ2n) is 20.8. The molecular formula is C54H64N8O9. The largest absolute Gasteiger partial charge is 0.453 e. The number of methoxy groups -OCH3 is 2. The van der Waals surface area contributed by atoms with E-state index in [2.05, 4.69) is 63.1 Å². The molecule has 4 fully saturated rings. The van der Waals surface area contributed by atoms with Gasteiger partial charge in [0.15, 0.2) is 5.79 Å². The Morgan fingerprint density at radius 3 is 1.94 bits per heavy atom. The SMILES string of the molecule is COC(=O)N[C@@H](C(=O)N1CC2(C[C@H]1c1ncc(-c3ccc(-c4ccc(-c5ccc6nc([C@@H]7CCCN7C(=O)[C@H](NC(=O)OC)C(C)C)[nH]c(=O)c6c5)c5c4CC4(CCCC4)C5)cc3)[nH]1)OCCO2)C(C)C. The van der Waals surface area contributed by atoms with Crippen molar-refractivity contribution in [1.82, 2.24) is 40.4 Å². The van der Waals surface area contributed by atoms with Crippen LogP contribution in [0.2, 0.25) is 0 Å². The topological polar surface area (TPSA) is 210 Å². The number of hydrogen-bond acceptors (Lipinski definition) is 11. The quantitative estimate of drug-likeness (QED) is 0.101. The maximum atomic E-state index is 14.1. The Morgan fingerprint density at radius 2 is 1.32 bits per heavy atom. The zero-order valence-corrected chi connectivity index (χ0v) is 41.4. The van der Waals surface area contributed by atoms with Crippen LogP contribution in [0, 0.1) is 17.3 Å². The lowest BCUT2D eigenvalue weighted by molar-refractivity contribution is -0.153. The fourth-order valence-electron chi connectivity index (χ4n) is 12.0. The van der Waals surface area contributed by atoms with Crippen LogP contribution in [0.3, 0.4) is 0 Å². The average molecular weight is 969 g/mol. The molecule has 0 unspecified atom stereocenters. The molecule has 2 aliphatic carbocycles. The summed E-state index contributed by atoms with van der Waals surface area (Å²) in [5, 5.41) is 5.89. The first kappa shape index (κ1) is 48.1. The van der Waals surface area contributed by atoms with E-state index in [1.54, 1.807) is 16.0 Å². The smallest absolute Gasteiger partial charge is 0.407 e. The molecule has 4 amide bonds. The number of rotatable bonds is 11. The number of alkyl carbamates (subject to hydrolysis) is 2. The average Bonchev–Trinajstić information content (AvgIpc) is 4.25. The zero-order chi connectivity index (χ0) is 49.8. The third kappa shape index (κ3) is 9.07. The molecule has 4 N–H and O–H groups in total. The first-order valence-electron chi connectivity index (χ1n) is 25.1. The number of aromatic nitrogens is 4. The number of aromatic amines is 2. The minimum absolute atomic E-state index is 0.177. The van der Waals surface area contributed by atoms with Crippen molar-refractivity contribution in [3.8, 4) is 33.5 Å². The Labute approximate surface area is 412 Å². The third-order valence-electron chi connectivity index (χ3n) is 15.7. The predicted molar refractivity (Wildman–Crippen MR) is 265 cm³/mol. The molecule has 3 saturated heterocycles. The lowest BCUT2D eigenvalue weighted by Gasteiger charge is -2.30. The van der Waals surface area contributed by atoms with E-state index in [1.165, 1.54) is 56.6 Å². The highest BCUT2D eigenvalue weighted by atomic mass is 16.7. The van der Waals surface area contributed by atoms with E-state index >= 15 is 0 Å². The van der Waals surface area contributed by atoms with Gasteiger partial charge in [0.1, 0.15) is 23.7 Å². The Hall–Kier alpha value is -6.59. The molecule has 374 valence electrons. The number of fused-ring (bicyclic) bond motifs is 2. The number of amides is 4. The molecule has 3 aromatic carbocycles. The van der Waals surface area contributed by atoms with Gasteiger partial charge >= 0.3 is 12.2 Å². The summed E-state index contributed by atoms with van der Waals surface area (Å²) in [5.41, 5.74) is 9.36. The molecule has 5 aromatic rings. The van der Waals surface area contributed by atoms with Crippen molar-refractivity contribution in [2.24, 2.45) is 17.3 Å². The summed E-state index contributed by atoms with van der Waals surface area (Å²) in [6.07, 6.45) is 9.03. The number of carbonyl (C=O) groups excluding carboxylic acids is 4. The maximum absolute atomic E-state index is 14.1. The van der Waals surface area contributed by atoms with Gasteiger partial charge in [-0.25, -0.2) is 19.6 Å². The molecule has 0 radical (unpaired) electrons. The Balaban J connectivity index is 0.917. The van der Waals surface area contributed by atoms with Gasteiger partial charge in [0.25, 0.3) is 5.56 Å². The van der Waals surface area contributed by atoms with Crippen LogP contribution in [-0.4, -0.2) is 112 Å². The fraction of sp³-hybridized carbons (Fsp3) is 0.500. The Bertz CT molecular complexity index is 2920. The van der Waals surface area contributed by atoms with Crippen LogP contribution in [0.1, 0.15) is 108 Å². The molecule has 2 spiro atoms. The van der Waals surface area contributed by atoms with E-state index in [-0.39, 0.29) is 41.2 Å². The van der Waals surface area contributed by atoms with Crippen LogP contribution < -0.4 is 16.2 Å². The number of nitrogens with one attached hydrogen (secondary N) is 4. The van der Waals surface area contributed by atoms with Crippen molar-refractivity contribution in [2.45, 2.75) is 115 Å². The minimum Gasteiger partial charge on any atom is -0.453 e. The molecular weight excluding hydrogens is 905 g/mol. The number of likely N-dealkylation sites (tertiary alicyclic amines) is 2. The first-order valence-corrected chi connectivity index (χ1v) is 25.1. The standard InChI is InChI=1S/C54H64N8O9/c1-30(2)44(58-51(66)68-5)49(64)61-21-9-10-42(61)47-56-40-18-15-34(24-37(40)48(63)60-47)36-17-16-35(38-25-53(26-39(36)38)19-7-8-20-53)32-11-13-33(14-12-32)41-28-55-46(57-41)43-27-54(70-22-23-71-54)29-62(43)50(65)45(31(3)4)59-52(67)69-6/h11-18,24,28,30-31,42-45H,7-10,19-23,25-27,29H2,1-6H3,(H,55,57)(H,58,66)(H,59,67)(H,56,60,63)/t42-,43-,44+,45+/m0/s1. The van der Waals surface area contributed by atoms with Crippen LogP contribution >= 0.6 is 0 Å². The van der Waals surface area contributed by atoms with Crippen LogP contribution in [-0.2, 0) is 41.4 Å². The van der Waals surface area contributed by atoms with Crippen molar-refractivity contribution < 1.29 is 38.1 Å². The summed E-state index contributed by atoms with van der Waals surface area (Å²) in [6.45, 7) is 9.07. The Kier molecular flexibility index (Phi) is 13.0. The number of ether oxygens (including phenoxy) is 4. The van der Waals surface area contributed by atoms with Gasteiger partial charge in [0, 0.05) is 13.0 Å². The second kappa shape index (κ2) is 19.2. The molecule has 10 rings (SSSR count). The van der Waals surface area contributed by atoms with Crippen molar-refractivity contribution in [3.05, 3.63) is 93.9 Å². The molecule has 3 aliphatic heterocycles. The number of imidazole rings is 1. The maximum Gasteiger partial charge on any atom is 0.407 e. The monoisotopic (exact) mass is 968 g/mol. The first-order chi connectivity index (χ1) is 34.2. The van der Waals surface area contributed by atoms with Gasteiger partial charge in [-0.1, -0.05) is 83.0 Å². The number of nitrogens with zero attached hydrogens (tertiary/aromatic N) is 4. The lowest BCUT2D eigenvalue weighted by Crippen LogP contribution is -2.52. The molecule has 17 nitrogen and oxygen atoms in total. The van der Waals surface area contributed by atoms with Gasteiger partial charge in [0.05, 0.1) is 68.9 Å². The summed E-state index contributed by atoms with van der Waals surface area (Å²) in [6, 6.07) is 16.4. The van der Waals surface area contributed by atoms with E-state index in [1.807, 2.05) is 39.8 Å². The molecule has 4 atom stereocenters. The summed E-state index contributed by atoms with van der Waals surface area (Å²) < 4.78 is 21.8. The van der Waals surface area contributed by atoms with Gasteiger partial charge in [-0.3, -0.25) is 14.4 Å². The van der Waals surface area contributed by atoms with Crippen LogP contribution in [0.4, 0.5) is 9.59 Å². The molecule has 5 aliphatic rings. The van der Waals surface area contributed by atoms with Crippen molar-refractivity contribution in [2.75, 3.05) is 40.5 Å². The van der Waals surface area contributed by atoms with Crippen molar-refractivity contribution in [3.63, 3.8) is 0 Å². The van der Waals surface area contributed by atoms with E-state index < -0.39 is 42.1 Å². The minimum atomic E-state index is -0.949. The number of H-pyrrole nitrogens is 2. The van der Waals surface area contributed by atoms with Crippen molar-refractivity contribution in [1.29, 1.82) is 0 Å². The molecule has 71 heavy (non-hydrogen) atoms. The van der Waals surface area contributed by atoms with Crippen LogP contribution in [0.5, 0.6) is 0 Å². The van der Waals surface area contributed by atoms with Crippen LogP contribution in [0.25, 0.3) is 44.4 Å². The Morgan fingerprint density at radius 1 is 0.732 bits per heavy atom. The molecule has 0 bridgehead atoms. The van der Waals surface area contributed by atoms with Gasteiger partial charge in [0.2, 0.25) is 11.8 Å². The summed E-state index contributed by atoms with van der Waals surface area (Å²) in [5.74, 6) is -0.774. The molecule has 2 aromatic heterocycles. The van der Waals surface area contributed by atoms with E-state index in [4.69, 9.17) is 28.9 Å².